The van der Waals surface area contributed by atoms with E-state index in [0.717, 1.165) is 19.4 Å². The van der Waals surface area contributed by atoms with Crippen LogP contribution in [0.5, 0.6) is 0 Å². The fraction of sp³-hybridized carbons (Fsp3) is 0.500. The number of furan rings is 1. The molecule has 1 saturated heterocycles. The lowest BCUT2D eigenvalue weighted by atomic mass is 10.1. The van der Waals surface area contributed by atoms with E-state index in [1.54, 1.807) is 6.07 Å². The van der Waals surface area contributed by atoms with E-state index in [4.69, 9.17) is 10.2 Å². The van der Waals surface area contributed by atoms with Crippen molar-refractivity contribution < 1.29 is 9.21 Å². The Labute approximate surface area is 88.0 Å². The first kappa shape index (κ1) is 10.0. The van der Waals surface area contributed by atoms with Crippen molar-refractivity contribution >= 4 is 11.8 Å². The van der Waals surface area contributed by atoms with E-state index < -0.39 is 0 Å². The molecule has 1 aliphatic rings. The molecule has 0 spiro atoms. The lowest BCUT2D eigenvalue weighted by molar-refractivity contribution is -0.123. The summed E-state index contributed by atoms with van der Waals surface area (Å²) in [6, 6.07) is 3.42. The maximum absolute atomic E-state index is 11.4. The van der Waals surface area contributed by atoms with E-state index in [9.17, 15) is 4.79 Å². The van der Waals surface area contributed by atoms with Gasteiger partial charge in [0.15, 0.2) is 5.88 Å². The third-order valence-electron chi connectivity index (χ3n) is 2.46. The summed E-state index contributed by atoms with van der Waals surface area (Å²) in [6.07, 6.45) is 1.83. The number of hydrogen-bond donors (Lipinski definition) is 3. The standard InChI is InChI=1S/C10H15N3O2/c11-6-7-3-4-9(15-7)13-8-2-1-5-12-10(8)14/h3-4,8,13H,1-2,5-6,11H2,(H,12,14). The lowest BCUT2D eigenvalue weighted by Gasteiger charge is -2.22. The van der Waals surface area contributed by atoms with E-state index in [1.165, 1.54) is 0 Å². The summed E-state index contributed by atoms with van der Waals surface area (Å²) in [6.45, 7) is 1.14. The van der Waals surface area contributed by atoms with Crippen LogP contribution in [0.25, 0.3) is 0 Å². The van der Waals surface area contributed by atoms with Gasteiger partial charge in [0.2, 0.25) is 5.91 Å². The molecule has 1 aromatic heterocycles. The summed E-state index contributed by atoms with van der Waals surface area (Å²) in [5.41, 5.74) is 5.42. The SMILES string of the molecule is NCc1ccc(NC2CCCNC2=O)o1. The third kappa shape index (κ3) is 2.30. The molecule has 82 valence electrons. The topological polar surface area (TPSA) is 80.3 Å². The molecule has 4 N–H and O–H groups in total. The minimum Gasteiger partial charge on any atom is -0.444 e. The van der Waals surface area contributed by atoms with Crippen LogP contribution in [0.3, 0.4) is 0 Å². The van der Waals surface area contributed by atoms with Gasteiger partial charge in [-0.05, 0) is 18.9 Å². The van der Waals surface area contributed by atoms with E-state index in [0.29, 0.717) is 18.2 Å². The van der Waals surface area contributed by atoms with Gasteiger partial charge in [0.05, 0.1) is 6.54 Å². The van der Waals surface area contributed by atoms with Gasteiger partial charge in [-0.25, -0.2) is 0 Å². The number of carbonyl (C=O) groups excluding carboxylic acids is 1. The van der Waals surface area contributed by atoms with Crippen LogP contribution in [-0.4, -0.2) is 18.5 Å². The number of rotatable bonds is 3. The Hall–Kier alpha value is -1.49. The Morgan fingerprint density at radius 1 is 1.60 bits per heavy atom. The highest BCUT2D eigenvalue weighted by Gasteiger charge is 2.22. The monoisotopic (exact) mass is 209 g/mol. The second-order valence-corrected chi connectivity index (χ2v) is 3.60. The van der Waals surface area contributed by atoms with Crippen LogP contribution in [0.1, 0.15) is 18.6 Å². The summed E-state index contributed by atoms with van der Waals surface area (Å²) < 4.78 is 5.37. The molecule has 15 heavy (non-hydrogen) atoms. The van der Waals surface area contributed by atoms with Crippen molar-refractivity contribution in [2.75, 3.05) is 11.9 Å². The van der Waals surface area contributed by atoms with Gasteiger partial charge < -0.3 is 20.8 Å². The average molecular weight is 209 g/mol. The number of amides is 1. The van der Waals surface area contributed by atoms with Gasteiger partial charge in [-0.1, -0.05) is 0 Å². The summed E-state index contributed by atoms with van der Waals surface area (Å²) in [7, 11) is 0. The van der Waals surface area contributed by atoms with Crippen LogP contribution in [0.15, 0.2) is 16.5 Å². The number of nitrogens with two attached hydrogens (primary N) is 1. The molecule has 1 aromatic rings. The number of carbonyl (C=O) groups is 1. The molecule has 1 aliphatic heterocycles. The molecule has 0 aliphatic carbocycles. The van der Waals surface area contributed by atoms with Gasteiger partial charge in [-0.2, -0.15) is 0 Å². The fourth-order valence-corrected chi connectivity index (χ4v) is 1.65. The largest absolute Gasteiger partial charge is 0.444 e. The molecule has 0 saturated carbocycles. The van der Waals surface area contributed by atoms with Gasteiger partial charge in [0.1, 0.15) is 11.8 Å². The van der Waals surface area contributed by atoms with Gasteiger partial charge in [0, 0.05) is 12.6 Å². The van der Waals surface area contributed by atoms with Crippen molar-refractivity contribution in [1.82, 2.24) is 5.32 Å². The lowest BCUT2D eigenvalue weighted by Crippen LogP contribution is -2.44. The van der Waals surface area contributed by atoms with Crippen molar-refractivity contribution in [2.45, 2.75) is 25.4 Å². The second kappa shape index (κ2) is 4.35. The Morgan fingerprint density at radius 3 is 3.13 bits per heavy atom. The van der Waals surface area contributed by atoms with Crippen molar-refractivity contribution in [1.29, 1.82) is 0 Å². The van der Waals surface area contributed by atoms with Crippen LogP contribution in [0, 0.1) is 0 Å². The molecule has 0 bridgehead atoms. The smallest absolute Gasteiger partial charge is 0.242 e. The molecule has 1 unspecified atom stereocenters. The summed E-state index contributed by atoms with van der Waals surface area (Å²) in [5, 5.41) is 5.86. The summed E-state index contributed by atoms with van der Waals surface area (Å²) >= 11 is 0. The number of piperidine rings is 1. The average Bonchev–Trinajstić information content (AvgIpc) is 2.69. The highest BCUT2D eigenvalue weighted by molar-refractivity contribution is 5.84. The first-order valence-electron chi connectivity index (χ1n) is 5.12. The minimum atomic E-state index is -0.185. The van der Waals surface area contributed by atoms with E-state index >= 15 is 0 Å². The second-order valence-electron chi connectivity index (χ2n) is 3.60. The molecule has 0 radical (unpaired) electrons. The Morgan fingerprint density at radius 2 is 2.47 bits per heavy atom. The van der Waals surface area contributed by atoms with E-state index in [1.807, 2.05) is 6.07 Å². The molecule has 2 heterocycles. The molecule has 1 atom stereocenters. The fourth-order valence-electron chi connectivity index (χ4n) is 1.65. The Bertz CT molecular complexity index is 348. The number of nitrogens with one attached hydrogen (secondary N) is 2. The van der Waals surface area contributed by atoms with Gasteiger partial charge in [-0.15, -0.1) is 0 Å². The van der Waals surface area contributed by atoms with Gasteiger partial charge in [-0.3, -0.25) is 4.79 Å². The first-order valence-corrected chi connectivity index (χ1v) is 5.12. The molecular weight excluding hydrogens is 194 g/mol. The number of hydrogen-bond acceptors (Lipinski definition) is 4. The van der Waals surface area contributed by atoms with E-state index in [2.05, 4.69) is 10.6 Å². The van der Waals surface area contributed by atoms with Crippen LogP contribution in [-0.2, 0) is 11.3 Å². The maximum atomic E-state index is 11.4. The minimum absolute atomic E-state index is 0.0342. The summed E-state index contributed by atoms with van der Waals surface area (Å²) in [5.74, 6) is 1.36. The Balaban J connectivity index is 1.98. The van der Waals surface area contributed by atoms with Crippen LogP contribution >= 0.6 is 0 Å². The molecule has 5 nitrogen and oxygen atoms in total. The Kier molecular flexibility index (Phi) is 2.91. The molecule has 2 rings (SSSR count). The van der Waals surface area contributed by atoms with Crippen molar-refractivity contribution in [3.05, 3.63) is 17.9 Å². The maximum Gasteiger partial charge on any atom is 0.242 e. The first-order chi connectivity index (χ1) is 7.29. The molecular formula is C10H15N3O2. The van der Waals surface area contributed by atoms with Crippen molar-refractivity contribution in [2.24, 2.45) is 5.73 Å². The van der Waals surface area contributed by atoms with Crippen LogP contribution < -0.4 is 16.4 Å². The molecule has 1 amide bonds. The zero-order valence-electron chi connectivity index (χ0n) is 8.45. The highest BCUT2D eigenvalue weighted by Crippen LogP contribution is 2.16. The predicted octanol–water partition coefficient (Wildman–Crippen LogP) is 0.429. The normalized spacial score (nSPS) is 21.1. The zero-order valence-corrected chi connectivity index (χ0v) is 8.45. The van der Waals surface area contributed by atoms with Gasteiger partial charge in [0.25, 0.3) is 0 Å². The highest BCUT2D eigenvalue weighted by atomic mass is 16.4. The van der Waals surface area contributed by atoms with E-state index in [-0.39, 0.29) is 11.9 Å². The van der Waals surface area contributed by atoms with Crippen LogP contribution in [0.2, 0.25) is 0 Å². The third-order valence-corrected chi connectivity index (χ3v) is 2.46. The predicted molar refractivity (Wildman–Crippen MR) is 56.3 cm³/mol. The van der Waals surface area contributed by atoms with Crippen molar-refractivity contribution in [3.8, 4) is 0 Å². The summed E-state index contributed by atoms with van der Waals surface area (Å²) in [4.78, 5) is 11.4. The zero-order chi connectivity index (χ0) is 10.7. The molecule has 5 heteroatoms. The number of anilines is 1. The van der Waals surface area contributed by atoms with Crippen molar-refractivity contribution in [3.63, 3.8) is 0 Å². The van der Waals surface area contributed by atoms with Crippen LogP contribution in [0.4, 0.5) is 5.88 Å². The molecule has 1 fully saturated rings. The van der Waals surface area contributed by atoms with Gasteiger partial charge >= 0.3 is 0 Å². The molecule has 0 aromatic carbocycles. The quantitative estimate of drug-likeness (QED) is 0.674.